The Labute approximate surface area is 79.8 Å². The molecule has 70 valence electrons. The van der Waals surface area contributed by atoms with Gasteiger partial charge in [-0.3, -0.25) is 4.79 Å². The Bertz CT molecular complexity index is 161. The number of carbonyl (C=O) groups is 1. The van der Waals surface area contributed by atoms with E-state index in [1.165, 1.54) is 24.8 Å². The Morgan fingerprint density at radius 1 is 1.33 bits per heavy atom. The molecule has 0 saturated carbocycles. The summed E-state index contributed by atoms with van der Waals surface area (Å²) in [6.45, 7) is 3.73. The number of hydrogen-bond donors (Lipinski definition) is 0. The molecule has 0 saturated heterocycles. The van der Waals surface area contributed by atoms with Gasteiger partial charge in [-0.1, -0.05) is 37.8 Å². The number of hydrogen-bond acceptors (Lipinski definition) is 1. The molecule has 0 aliphatic rings. The highest BCUT2D eigenvalue weighted by atomic mass is 35.5. The van der Waals surface area contributed by atoms with Gasteiger partial charge in [-0.2, -0.15) is 0 Å². The van der Waals surface area contributed by atoms with Gasteiger partial charge < -0.3 is 0 Å². The van der Waals surface area contributed by atoms with Gasteiger partial charge in [0.1, 0.15) is 0 Å². The molecule has 0 spiro atoms. The van der Waals surface area contributed by atoms with Gasteiger partial charge in [-0.05, 0) is 19.8 Å². The second-order valence-corrected chi connectivity index (χ2v) is 3.22. The van der Waals surface area contributed by atoms with Crippen LogP contribution in [0.15, 0.2) is 11.1 Å². The summed E-state index contributed by atoms with van der Waals surface area (Å²) in [5, 5.41) is 0. The third kappa shape index (κ3) is 5.36. The maximum Gasteiger partial charge on any atom is 0.156 e. The summed E-state index contributed by atoms with van der Waals surface area (Å²) >= 11 is 5.49. The number of ketones is 1. The van der Waals surface area contributed by atoms with Crippen LogP contribution in [-0.4, -0.2) is 5.78 Å². The van der Waals surface area contributed by atoms with E-state index in [2.05, 4.69) is 6.92 Å². The first-order valence-electron chi connectivity index (χ1n) is 4.52. The van der Waals surface area contributed by atoms with Crippen molar-refractivity contribution in [3.63, 3.8) is 0 Å². The lowest BCUT2D eigenvalue weighted by Gasteiger charge is -2.00. The number of halogens is 1. The minimum Gasteiger partial charge on any atom is -0.295 e. The summed E-state index contributed by atoms with van der Waals surface area (Å²) in [6.07, 6.45) is 5.57. The molecule has 0 rings (SSSR count). The maximum absolute atomic E-state index is 10.9. The Kier molecular flexibility index (Phi) is 7.17. The average molecular weight is 189 g/mol. The van der Waals surface area contributed by atoms with Crippen LogP contribution >= 0.6 is 11.6 Å². The first kappa shape index (κ1) is 11.7. The molecule has 0 N–H and O–H groups in total. The number of unbranched alkanes of at least 4 members (excludes halogenated alkanes) is 3. The summed E-state index contributed by atoms with van der Waals surface area (Å²) in [5.41, 5.74) is 2.17. The minimum atomic E-state index is 0.0986. The Balaban J connectivity index is 3.54. The lowest BCUT2D eigenvalue weighted by molar-refractivity contribution is -0.113. The highest BCUT2D eigenvalue weighted by Crippen LogP contribution is 2.11. The van der Waals surface area contributed by atoms with Crippen molar-refractivity contribution in [2.75, 3.05) is 0 Å². The van der Waals surface area contributed by atoms with Crippen LogP contribution in [0.2, 0.25) is 0 Å². The van der Waals surface area contributed by atoms with Crippen LogP contribution in [0.5, 0.6) is 0 Å². The fourth-order valence-corrected chi connectivity index (χ4v) is 1.31. The fraction of sp³-hybridized carbons (Fsp3) is 0.700. The van der Waals surface area contributed by atoms with Crippen molar-refractivity contribution in [1.29, 1.82) is 0 Å². The van der Waals surface area contributed by atoms with E-state index in [9.17, 15) is 4.79 Å². The van der Waals surface area contributed by atoms with Gasteiger partial charge in [0.15, 0.2) is 5.78 Å². The molecule has 0 amide bonds. The first-order valence-corrected chi connectivity index (χ1v) is 4.96. The zero-order valence-corrected chi connectivity index (χ0v) is 8.66. The molecule has 0 atom stereocenters. The SMILES string of the molecule is CCCCCCC(=CCl)C(C)=O. The Morgan fingerprint density at radius 3 is 2.42 bits per heavy atom. The van der Waals surface area contributed by atoms with E-state index >= 15 is 0 Å². The van der Waals surface area contributed by atoms with E-state index in [1.54, 1.807) is 6.92 Å². The van der Waals surface area contributed by atoms with E-state index in [1.807, 2.05) is 0 Å². The second kappa shape index (κ2) is 7.35. The maximum atomic E-state index is 10.9. The molecular weight excluding hydrogens is 172 g/mol. The molecule has 0 unspecified atom stereocenters. The lowest BCUT2D eigenvalue weighted by Crippen LogP contribution is -1.95. The highest BCUT2D eigenvalue weighted by Gasteiger charge is 2.01. The zero-order valence-electron chi connectivity index (χ0n) is 7.90. The summed E-state index contributed by atoms with van der Waals surface area (Å²) < 4.78 is 0. The molecule has 12 heavy (non-hydrogen) atoms. The molecule has 0 aliphatic carbocycles. The monoisotopic (exact) mass is 188 g/mol. The standard InChI is InChI=1S/C10H17ClO/c1-3-4-5-6-7-10(8-11)9(2)12/h8H,3-7H2,1-2H3. The first-order chi connectivity index (χ1) is 5.72. The molecule has 2 heteroatoms. The van der Waals surface area contributed by atoms with Gasteiger partial charge in [0.05, 0.1) is 0 Å². The lowest BCUT2D eigenvalue weighted by atomic mass is 10.1. The predicted octanol–water partition coefficient (Wildman–Crippen LogP) is 3.67. The molecule has 0 aliphatic heterocycles. The van der Waals surface area contributed by atoms with E-state index in [0.29, 0.717) is 0 Å². The van der Waals surface area contributed by atoms with Crippen molar-refractivity contribution in [1.82, 2.24) is 0 Å². The summed E-state index contributed by atoms with van der Waals surface area (Å²) in [5.74, 6) is 0.0986. The molecule has 0 fully saturated rings. The highest BCUT2D eigenvalue weighted by molar-refractivity contribution is 6.27. The quantitative estimate of drug-likeness (QED) is 0.459. The van der Waals surface area contributed by atoms with Gasteiger partial charge in [0.25, 0.3) is 0 Å². The second-order valence-electron chi connectivity index (χ2n) is 3.00. The average Bonchev–Trinajstić information content (AvgIpc) is 2.04. The summed E-state index contributed by atoms with van der Waals surface area (Å²) in [4.78, 5) is 10.9. The van der Waals surface area contributed by atoms with Gasteiger partial charge in [0.2, 0.25) is 0 Å². The van der Waals surface area contributed by atoms with Crippen molar-refractivity contribution in [2.24, 2.45) is 0 Å². The predicted molar refractivity (Wildman–Crippen MR) is 53.4 cm³/mol. The van der Waals surface area contributed by atoms with Crippen molar-refractivity contribution in [2.45, 2.75) is 46.0 Å². The van der Waals surface area contributed by atoms with Crippen molar-refractivity contribution in [3.8, 4) is 0 Å². The number of carbonyl (C=O) groups excluding carboxylic acids is 1. The number of Topliss-reactive ketones (excluding diaryl/α,β-unsaturated/α-hetero) is 1. The smallest absolute Gasteiger partial charge is 0.156 e. The van der Waals surface area contributed by atoms with Crippen LogP contribution in [0.25, 0.3) is 0 Å². The summed E-state index contributed by atoms with van der Waals surface area (Å²) in [6, 6.07) is 0. The van der Waals surface area contributed by atoms with E-state index < -0.39 is 0 Å². The zero-order chi connectivity index (χ0) is 9.40. The topological polar surface area (TPSA) is 17.1 Å². The van der Waals surface area contributed by atoms with Crippen LogP contribution in [0, 0.1) is 0 Å². The van der Waals surface area contributed by atoms with E-state index in [4.69, 9.17) is 11.6 Å². The van der Waals surface area contributed by atoms with Crippen molar-refractivity contribution in [3.05, 3.63) is 11.1 Å². The molecule has 0 aromatic carbocycles. The van der Waals surface area contributed by atoms with Crippen molar-refractivity contribution < 1.29 is 4.79 Å². The molecule has 0 radical (unpaired) electrons. The third-order valence-corrected chi connectivity index (χ3v) is 2.15. The minimum absolute atomic E-state index is 0.0986. The normalized spacial score (nSPS) is 11.8. The van der Waals surface area contributed by atoms with E-state index in [0.717, 1.165) is 18.4 Å². The van der Waals surface area contributed by atoms with Gasteiger partial charge >= 0.3 is 0 Å². The molecule has 0 aromatic heterocycles. The van der Waals surface area contributed by atoms with Gasteiger partial charge in [-0.15, -0.1) is 0 Å². The molecule has 0 heterocycles. The number of allylic oxidation sites excluding steroid dienone is 1. The van der Waals surface area contributed by atoms with Crippen molar-refractivity contribution >= 4 is 17.4 Å². The molecule has 1 nitrogen and oxygen atoms in total. The van der Waals surface area contributed by atoms with E-state index in [-0.39, 0.29) is 5.78 Å². The number of rotatable bonds is 6. The molecule has 0 aromatic rings. The Hall–Kier alpha value is -0.300. The van der Waals surface area contributed by atoms with Crippen LogP contribution < -0.4 is 0 Å². The Morgan fingerprint density at radius 2 is 2.00 bits per heavy atom. The molecular formula is C10H17ClO. The fourth-order valence-electron chi connectivity index (χ4n) is 1.05. The summed E-state index contributed by atoms with van der Waals surface area (Å²) in [7, 11) is 0. The van der Waals surface area contributed by atoms with Gasteiger partial charge in [0, 0.05) is 11.1 Å². The van der Waals surface area contributed by atoms with Crippen LogP contribution in [0.4, 0.5) is 0 Å². The molecule has 0 bridgehead atoms. The largest absolute Gasteiger partial charge is 0.295 e. The van der Waals surface area contributed by atoms with Crippen LogP contribution in [0.1, 0.15) is 46.0 Å². The van der Waals surface area contributed by atoms with Crippen LogP contribution in [0.3, 0.4) is 0 Å². The van der Waals surface area contributed by atoms with Crippen LogP contribution in [-0.2, 0) is 4.79 Å². The third-order valence-electron chi connectivity index (χ3n) is 1.88. The van der Waals surface area contributed by atoms with Gasteiger partial charge in [-0.25, -0.2) is 0 Å².